The van der Waals surface area contributed by atoms with Crippen LogP contribution in [0.25, 0.3) is 11.4 Å². The summed E-state index contributed by atoms with van der Waals surface area (Å²) in [5.41, 5.74) is 5.86. The van der Waals surface area contributed by atoms with E-state index in [9.17, 15) is 4.39 Å². The summed E-state index contributed by atoms with van der Waals surface area (Å²) in [6.07, 6.45) is 1.35. The van der Waals surface area contributed by atoms with E-state index in [1.807, 2.05) is 0 Å². The lowest BCUT2D eigenvalue weighted by Crippen LogP contribution is -1.87. The van der Waals surface area contributed by atoms with Crippen LogP contribution >= 0.6 is 0 Å². The maximum absolute atomic E-state index is 12.7. The minimum absolute atomic E-state index is 0.132. The van der Waals surface area contributed by atoms with Gasteiger partial charge in [0, 0.05) is 17.8 Å². The van der Waals surface area contributed by atoms with Crippen LogP contribution in [0.15, 0.2) is 18.3 Å². The molecule has 2 heterocycles. The summed E-state index contributed by atoms with van der Waals surface area (Å²) in [6, 6.07) is 2.86. The zero-order valence-corrected chi connectivity index (χ0v) is 6.53. The minimum Gasteiger partial charge on any atom is -0.366 e. The Morgan fingerprint density at radius 2 is 2.31 bits per heavy atom. The van der Waals surface area contributed by atoms with Gasteiger partial charge < -0.3 is 5.73 Å². The van der Waals surface area contributed by atoms with Crippen molar-refractivity contribution in [2.45, 2.75) is 0 Å². The Bertz CT molecular complexity index is 424. The summed E-state index contributed by atoms with van der Waals surface area (Å²) in [5.74, 6) is -0.00140. The van der Waals surface area contributed by atoms with Crippen molar-refractivity contribution in [3.05, 3.63) is 24.3 Å². The SMILES string of the molecule is Nc1n[nH]c(-c2ccnc(F)c2)n1. The number of nitrogens with one attached hydrogen (secondary N) is 1. The van der Waals surface area contributed by atoms with Crippen LogP contribution in [-0.2, 0) is 0 Å². The van der Waals surface area contributed by atoms with Gasteiger partial charge in [-0.25, -0.2) is 4.98 Å². The van der Waals surface area contributed by atoms with E-state index in [1.165, 1.54) is 12.3 Å². The highest BCUT2D eigenvalue weighted by Crippen LogP contribution is 2.14. The summed E-state index contributed by atoms with van der Waals surface area (Å²) in [5, 5.41) is 6.19. The Morgan fingerprint density at radius 1 is 1.46 bits per heavy atom. The second kappa shape index (κ2) is 2.81. The van der Waals surface area contributed by atoms with Gasteiger partial charge in [-0.1, -0.05) is 0 Å². The molecule has 2 rings (SSSR count). The quantitative estimate of drug-likeness (QED) is 0.628. The van der Waals surface area contributed by atoms with Crippen LogP contribution in [0.1, 0.15) is 0 Å². The monoisotopic (exact) mass is 179 g/mol. The van der Waals surface area contributed by atoms with Gasteiger partial charge in [0.1, 0.15) is 0 Å². The molecule has 5 nitrogen and oxygen atoms in total. The predicted molar refractivity (Wildman–Crippen MR) is 44.0 cm³/mol. The molecule has 0 aliphatic rings. The molecule has 0 aliphatic heterocycles. The molecule has 2 aromatic heterocycles. The smallest absolute Gasteiger partial charge is 0.239 e. The van der Waals surface area contributed by atoms with Gasteiger partial charge in [0.05, 0.1) is 0 Å². The van der Waals surface area contributed by atoms with Gasteiger partial charge in [-0.15, -0.1) is 5.10 Å². The maximum Gasteiger partial charge on any atom is 0.239 e. The highest BCUT2D eigenvalue weighted by molar-refractivity contribution is 5.54. The zero-order chi connectivity index (χ0) is 9.26. The molecule has 0 bridgehead atoms. The maximum atomic E-state index is 12.7. The lowest BCUT2D eigenvalue weighted by Gasteiger charge is -1.93. The third-order valence-corrected chi connectivity index (χ3v) is 1.50. The largest absolute Gasteiger partial charge is 0.366 e. The first kappa shape index (κ1) is 7.66. The Hall–Kier alpha value is -1.98. The topological polar surface area (TPSA) is 80.5 Å². The Kier molecular flexibility index (Phi) is 1.66. The van der Waals surface area contributed by atoms with Gasteiger partial charge in [-0.3, -0.25) is 5.10 Å². The molecule has 0 radical (unpaired) electrons. The van der Waals surface area contributed by atoms with E-state index in [2.05, 4.69) is 20.2 Å². The summed E-state index contributed by atoms with van der Waals surface area (Å²) in [6.45, 7) is 0. The Morgan fingerprint density at radius 3 is 2.92 bits per heavy atom. The summed E-state index contributed by atoms with van der Waals surface area (Å²) >= 11 is 0. The average molecular weight is 179 g/mol. The fraction of sp³-hybridized carbons (Fsp3) is 0. The van der Waals surface area contributed by atoms with Crippen LogP contribution in [0.4, 0.5) is 10.3 Å². The molecule has 0 fully saturated rings. The van der Waals surface area contributed by atoms with Crippen molar-refractivity contribution in [2.24, 2.45) is 0 Å². The normalized spacial score (nSPS) is 10.2. The Balaban J connectivity index is 2.46. The highest BCUT2D eigenvalue weighted by Gasteiger charge is 2.03. The van der Waals surface area contributed by atoms with E-state index < -0.39 is 5.95 Å². The molecule has 3 N–H and O–H groups in total. The summed E-state index contributed by atoms with van der Waals surface area (Å²) < 4.78 is 12.7. The second-order valence-electron chi connectivity index (χ2n) is 2.41. The number of nitrogens with zero attached hydrogens (tertiary/aromatic N) is 3. The van der Waals surface area contributed by atoms with Crippen LogP contribution in [0.5, 0.6) is 0 Å². The first-order chi connectivity index (χ1) is 6.25. The van der Waals surface area contributed by atoms with Gasteiger partial charge in [0.2, 0.25) is 11.9 Å². The zero-order valence-electron chi connectivity index (χ0n) is 6.53. The number of nitrogens with two attached hydrogens (primary N) is 1. The standard InChI is InChI=1S/C7H6FN5/c8-5-3-4(1-2-10-5)6-11-7(9)13-12-6/h1-3H,(H3,9,11,12,13). The molecule has 0 saturated heterocycles. The van der Waals surface area contributed by atoms with Crippen molar-refractivity contribution >= 4 is 5.95 Å². The molecule has 0 atom stereocenters. The molecule has 0 spiro atoms. The van der Waals surface area contributed by atoms with Crippen molar-refractivity contribution in [3.8, 4) is 11.4 Å². The third-order valence-electron chi connectivity index (χ3n) is 1.50. The fourth-order valence-electron chi connectivity index (χ4n) is 0.954. The van der Waals surface area contributed by atoms with E-state index in [0.717, 1.165) is 0 Å². The van der Waals surface area contributed by atoms with Gasteiger partial charge in [0.15, 0.2) is 5.82 Å². The molecule has 0 saturated carbocycles. The molecule has 0 amide bonds. The molecular formula is C7H6FN5. The number of nitrogen functional groups attached to an aromatic ring is 1. The van der Waals surface area contributed by atoms with Gasteiger partial charge in [-0.2, -0.15) is 9.37 Å². The number of H-pyrrole nitrogens is 1. The first-order valence-corrected chi connectivity index (χ1v) is 3.55. The number of anilines is 1. The van der Waals surface area contributed by atoms with Crippen LogP contribution in [0.3, 0.4) is 0 Å². The van der Waals surface area contributed by atoms with Crippen molar-refractivity contribution in [1.82, 2.24) is 20.2 Å². The molecular weight excluding hydrogens is 173 g/mol. The fourth-order valence-corrected chi connectivity index (χ4v) is 0.954. The van der Waals surface area contributed by atoms with Gasteiger partial charge in [0.25, 0.3) is 0 Å². The van der Waals surface area contributed by atoms with E-state index in [1.54, 1.807) is 6.07 Å². The van der Waals surface area contributed by atoms with Crippen LogP contribution in [0, 0.1) is 5.95 Å². The second-order valence-corrected chi connectivity index (χ2v) is 2.41. The molecule has 6 heteroatoms. The molecule has 0 unspecified atom stereocenters. The third kappa shape index (κ3) is 1.46. The van der Waals surface area contributed by atoms with Crippen LogP contribution < -0.4 is 5.73 Å². The van der Waals surface area contributed by atoms with Gasteiger partial charge >= 0.3 is 0 Å². The van der Waals surface area contributed by atoms with E-state index in [-0.39, 0.29) is 5.95 Å². The lowest BCUT2D eigenvalue weighted by atomic mass is 10.2. The molecule has 2 aromatic rings. The van der Waals surface area contributed by atoms with Crippen molar-refractivity contribution in [3.63, 3.8) is 0 Å². The predicted octanol–water partition coefficient (Wildman–Crippen LogP) is 0.588. The number of aromatic nitrogens is 4. The number of aromatic amines is 1. The lowest BCUT2D eigenvalue weighted by molar-refractivity contribution is 0.584. The van der Waals surface area contributed by atoms with Crippen molar-refractivity contribution in [2.75, 3.05) is 5.73 Å². The van der Waals surface area contributed by atoms with Crippen LogP contribution in [0.2, 0.25) is 0 Å². The van der Waals surface area contributed by atoms with E-state index >= 15 is 0 Å². The van der Waals surface area contributed by atoms with E-state index in [0.29, 0.717) is 11.4 Å². The number of rotatable bonds is 1. The first-order valence-electron chi connectivity index (χ1n) is 3.55. The molecule has 0 aliphatic carbocycles. The van der Waals surface area contributed by atoms with Gasteiger partial charge in [-0.05, 0) is 6.07 Å². The average Bonchev–Trinajstić information content (AvgIpc) is 2.52. The van der Waals surface area contributed by atoms with Crippen LogP contribution in [-0.4, -0.2) is 20.2 Å². The minimum atomic E-state index is -0.563. The highest BCUT2D eigenvalue weighted by atomic mass is 19.1. The molecule has 66 valence electrons. The molecule has 13 heavy (non-hydrogen) atoms. The van der Waals surface area contributed by atoms with Crippen molar-refractivity contribution in [1.29, 1.82) is 0 Å². The number of pyridine rings is 1. The Labute approximate surface area is 72.8 Å². The molecule has 0 aromatic carbocycles. The summed E-state index contributed by atoms with van der Waals surface area (Å²) in [4.78, 5) is 7.25. The number of hydrogen-bond acceptors (Lipinski definition) is 4. The van der Waals surface area contributed by atoms with Crippen molar-refractivity contribution < 1.29 is 4.39 Å². The number of hydrogen-bond donors (Lipinski definition) is 2. The van der Waals surface area contributed by atoms with E-state index in [4.69, 9.17) is 5.73 Å². The number of halogens is 1. The summed E-state index contributed by atoms with van der Waals surface area (Å²) in [7, 11) is 0.